The zero-order valence-corrected chi connectivity index (χ0v) is 9.63. The summed E-state index contributed by atoms with van der Waals surface area (Å²) in [7, 11) is 0. The third-order valence-electron chi connectivity index (χ3n) is 3.96. The molecule has 17 heavy (non-hydrogen) atoms. The van der Waals surface area contributed by atoms with Gasteiger partial charge in [0.15, 0.2) is 0 Å². The highest BCUT2D eigenvalue weighted by molar-refractivity contribution is 5.90. The summed E-state index contributed by atoms with van der Waals surface area (Å²) < 4.78 is 5.75. The van der Waals surface area contributed by atoms with E-state index >= 15 is 0 Å². The molecule has 2 bridgehead atoms. The average molecular weight is 237 g/mol. The number of carboxylic acids is 1. The largest absolute Gasteiger partial charge is 0.481 e. The van der Waals surface area contributed by atoms with Crippen LogP contribution in [0.4, 0.5) is 0 Å². The maximum absolute atomic E-state index is 12.2. The van der Waals surface area contributed by atoms with Crippen molar-refractivity contribution < 1.29 is 19.4 Å². The van der Waals surface area contributed by atoms with Gasteiger partial charge in [-0.15, -0.1) is 0 Å². The Kier molecular flexibility index (Phi) is 2.10. The van der Waals surface area contributed by atoms with E-state index in [1.54, 1.807) is 11.0 Å². The number of hydrogen-bond acceptors (Lipinski definition) is 3. The van der Waals surface area contributed by atoms with E-state index in [1.807, 2.05) is 13.0 Å². The van der Waals surface area contributed by atoms with Gasteiger partial charge in [0.2, 0.25) is 5.91 Å². The highest BCUT2D eigenvalue weighted by atomic mass is 16.5. The SMILES string of the molecule is CCCN1C[C@@]23C=C[C@@H](O2)[C@@H](C(=O)O)[C@@H]3C1=O. The molecule has 1 spiro atoms. The summed E-state index contributed by atoms with van der Waals surface area (Å²) in [6.07, 6.45) is 4.12. The first-order valence-corrected chi connectivity index (χ1v) is 5.98. The number of likely N-dealkylation sites (tertiary alicyclic amines) is 1. The molecular formula is C12H15NO4. The lowest BCUT2D eigenvalue weighted by atomic mass is 9.77. The van der Waals surface area contributed by atoms with Crippen molar-refractivity contribution in [3.8, 4) is 0 Å². The molecule has 1 N–H and O–H groups in total. The summed E-state index contributed by atoms with van der Waals surface area (Å²) >= 11 is 0. The number of amides is 1. The molecule has 3 heterocycles. The van der Waals surface area contributed by atoms with Crippen molar-refractivity contribution in [2.24, 2.45) is 11.8 Å². The molecule has 0 aromatic carbocycles. The Labute approximate surface area is 99.0 Å². The van der Waals surface area contributed by atoms with Gasteiger partial charge in [-0.3, -0.25) is 9.59 Å². The van der Waals surface area contributed by atoms with Crippen molar-refractivity contribution in [1.82, 2.24) is 4.90 Å². The van der Waals surface area contributed by atoms with Crippen LogP contribution in [-0.2, 0) is 14.3 Å². The zero-order chi connectivity index (χ0) is 12.2. The van der Waals surface area contributed by atoms with Crippen LogP contribution in [0.25, 0.3) is 0 Å². The number of carbonyl (C=O) groups excluding carboxylic acids is 1. The fourth-order valence-electron chi connectivity index (χ4n) is 3.32. The van der Waals surface area contributed by atoms with Crippen LogP contribution >= 0.6 is 0 Å². The highest BCUT2D eigenvalue weighted by Crippen LogP contribution is 2.51. The van der Waals surface area contributed by atoms with Gasteiger partial charge in [-0.25, -0.2) is 0 Å². The van der Waals surface area contributed by atoms with Crippen molar-refractivity contribution in [2.75, 3.05) is 13.1 Å². The molecule has 0 unspecified atom stereocenters. The summed E-state index contributed by atoms with van der Waals surface area (Å²) in [6.45, 7) is 3.17. The minimum atomic E-state index is -0.932. The van der Waals surface area contributed by atoms with E-state index in [9.17, 15) is 14.7 Å². The van der Waals surface area contributed by atoms with Crippen molar-refractivity contribution in [2.45, 2.75) is 25.0 Å². The summed E-state index contributed by atoms with van der Waals surface area (Å²) in [5, 5.41) is 9.23. The molecule has 0 aromatic heterocycles. The first-order valence-electron chi connectivity index (χ1n) is 5.98. The molecule has 5 heteroatoms. The highest BCUT2D eigenvalue weighted by Gasteiger charge is 2.66. The van der Waals surface area contributed by atoms with E-state index < -0.39 is 29.5 Å². The van der Waals surface area contributed by atoms with Crippen molar-refractivity contribution in [3.63, 3.8) is 0 Å². The second kappa shape index (κ2) is 3.32. The van der Waals surface area contributed by atoms with E-state index in [2.05, 4.69) is 0 Å². The third-order valence-corrected chi connectivity index (χ3v) is 3.96. The van der Waals surface area contributed by atoms with Gasteiger partial charge < -0.3 is 14.7 Å². The smallest absolute Gasteiger partial charge is 0.310 e. The van der Waals surface area contributed by atoms with Gasteiger partial charge in [-0.05, 0) is 6.42 Å². The Hall–Kier alpha value is -1.36. The van der Waals surface area contributed by atoms with Crippen LogP contribution in [0.15, 0.2) is 12.2 Å². The molecule has 2 fully saturated rings. The minimum absolute atomic E-state index is 0.0638. The Morgan fingerprint density at radius 1 is 1.71 bits per heavy atom. The Balaban J connectivity index is 1.96. The predicted octanol–water partition coefficient (Wildman–Crippen LogP) is 0.263. The Bertz CT molecular complexity index is 419. The Morgan fingerprint density at radius 3 is 3.12 bits per heavy atom. The fourth-order valence-corrected chi connectivity index (χ4v) is 3.32. The molecule has 1 amide bonds. The first kappa shape index (κ1) is 10.8. The van der Waals surface area contributed by atoms with Crippen LogP contribution in [0.5, 0.6) is 0 Å². The number of aliphatic carboxylic acids is 1. The number of ether oxygens (including phenoxy) is 1. The lowest BCUT2D eigenvalue weighted by molar-refractivity contribution is -0.148. The molecule has 0 aliphatic carbocycles. The topological polar surface area (TPSA) is 66.8 Å². The molecule has 3 aliphatic rings. The Morgan fingerprint density at radius 2 is 2.47 bits per heavy atom. The summed E-state index contributed by atoms with van der Waals surface area (Å²) in [6, 6.07) is 0. The van der Waals surface area contributed by atoms with Gasteiger partial charge in [0.05, 0.1) is 18.6 Å². The third kappa shape index (κ3) is 1.23. The maximum Gasteiger partial charge on any atom is 0.310 e. The van der Waals surface area contributed by atoms with Gasteiger partial charge >= 0.3 is 5.97 Å². The number of carboxylic acid groups (broad SMARTS) is 1. The van der Waals surface area contributed by atoms with E-state index in [0.29, 0.717) is 13.1 Å². The monoisotopic (exact) mass is 237 g/mol. The molecule has 0 saturated carbocycles. The maximum atomic E-state index is 12.2. The van der Waals surface area contributed by atoms with Crippen LogP contribution in [0.3, 0.4) is 0 Å². The second-order valence-corrected chi connectivity index (χ2v) is 5.00. The minimum Gasteiger partial charge on any atom is -0.481 e. The molecular weight excluding hydrogens is 222 g/mol. The summed E-state index contributed by atoms with van der Waals surface area (Å²) in [4.78, 5) is 25.2. The van der Waals surface area contributed by atoms with Crippen molar-refractivity contribution in [1.29, 1.82) is 0 Å². The van der Waals surface area contributed by atoms with E-state index in [4.69, 9.17) is 4.74 Å². The van der Waals surface area contributed by atoms with Crippen LogP contribution in [0.1, 0.15) is 13.3 Å². The van der Waals surface area contributed by atoms with Crippen LogP contribution < -0.4 is 0 Å². The second-order valence-electron chi connectivity index (χ2n) is 5.00. The molecule has 0 radical (unpaired) electrons. The molecule has 5 nitrogen and oxygen atoms in total. The molecule has 92 valence electrons. The first-order chi connectivity index (χ1) is 8.09. The van der Waals surface area contributed by atoms with Crippen molar-refractivity contribution in [3.05, 3.63) is 12.2 Å². The number of carbonyl (C=O) groups is 2. The number of rotatable bonds is 3. The summed E-state index contributed by atoms with van der Waals surface area (Å²) in [5.74, 6) is -2.24. The fraction of sp³-hybridized carbons (Fsp3) is 0.667. The lowest BCUT2D eigenvalue weighted by Crippen LogP contribution is -2.39. The van der Waals surface area contributed by atoms with E-state index in [1.165, 1.54) is 0 Å². The predicted molar refractivity (Wildman–Crippen MR) is 58.2 cm³/mol. The number of hydrogen-bond donors (Lipinski definition) is 1. The van der Waals surface area contributed by atoms with Gasteiger partial charge in [0.25, 0.3) is 0 Å². The van der Waals surface area contributed by atoms with Gasteiger partial charge in [-0.1, -0.05) is 19.1 Å². The van der Waals surface area contributed by atoms with Crippen molar-refractivity contribution >= 4 is 11.9 Å². The number of nitrogens with zero attached hydrogens (tertiary/aromatic N) is 1. The molecule has 0 aromatic rings. The molecule has 4 atom stereocenters. The van der Waals surface area contributed by atoms with E-state index in [0.717, 1.165) is 6.42 Å². The lowest BCUT2D eigenvalue weighted by Gasteiger charge is -2.21. The molecule has 3 aliphatic heterocycles. The van der Waals surface area contributed by atoms with Gasteiger partial charge in [0.1, 0.15) is 11.5 Å². The van der Waals surface area contributed by atoms with Gasteiger partial charge in [0, 0.05) is 6.54 Å². The molecule has 3 rings (SSSR count). The molecule has 2 saturated heterocycles. The average Bonchev–Trinajstić information content (AvgIpc) is 2.88. The normalized spacial score (nSPS) is 42.3. The van der Waals surface area contributed by atoms with Crippen LogP contribution in [-0.4, -0.2) is 46.7 Å². The number of fused-ring (bicyclic) bond motifs is 1. The van der Waals surface area contributed by atoms with E-state index in [-0.39, 0.29) is 5.91 Å². The van der Waals surface area contributed by atoms with Crippen LogP contribution in [0.2, 0.25) is 0 Å². The van der Waals surface area contributed by atoms with Gasteiger partial charge in [-0.2, -0.15) is 0 Å². The van der Waals surface area contributed by atoms with Crippen LogP contribution in [0, 0.1) is 11.8 Å². The standard InChI is InChI=1S/C12H15NO4/c1-2-5-13-6-12-4-3-7(17-12)8(11(15)16)9(12)10(13)14/h3-4,7-9H,2,5-6H2,1H3,(H,15,16)/t7-,8-,9-,12-/m1/s1. The zero-order valence-electron chi connectivity index (χ0n) is 9.63. The quantitative estimate of drug-likeness (QED) is 0.715. The summed E-state index contributed by atoms with van der Waals surface area (Å²) in [5.41, 5.74) is -0.667.